The minimum atomic E-state index is -0.978. The van der Waals surface area contributed by atoms with Gasteiger partial charge in [-0.1, -0.05) is 12.1 Å². The van der Waals surface area contributed by atoms with Crippen LogP contribution in [0.15, 0.2) is 36.5 Å². The zero-order valence-electron chi connectivity index (χ0n) is 8.50. The van der Waals surface area contributed by atoms with Gasteiger partial charge in [-0.05, 0) is 18.2 Å². The van der Waals surface area contributed by atoms with Crippen LogP contribution in [0, 0.1) is 0 Å². The summed E-state index contributed by atoms with van der Waals surface area (Å²) in [7, 11) is 0. The summed E-state index contributed by atoms with van der Waals surface area (Å²) in [4.78, 5) is 11.0. The fraction of sp³-hybridized carbons (Fsp3) is 0.0909. The van der Waals surface area contributed by atoms with Gasteiger partial charge in [-0.2, -0.15) is 5.10 Å². The molecule has 0 amide bonds. The Morgan fingerprint density at radius 1 is 1.38 bits per heavy atom. The van der Waals surface area contributed by atoms with E-state index in [-0.39, 0.29) is 5.56 Å². The number of rotatable bonds is 3. The zero-order chi connectivity index (χ0) is 11.5. The molecule has 0 unspecified atom stereocenters. The summed E-state index contributed by atoms with van der Waals surface area (Å²) < 4.78 is 1.55. The number of hydrogen-bond acceptors (Lipinski definition) is 3. The number of carboxylic acids is 1. The van der Waals surface area contributed by atoms with Crippen molar-refractivity contribution in [1.82, 2.24) is 9.78 Å². The molecule has 1 heterocycles. The highest BCUT2D eigenvalue weighted by Crippen LogP contribution is 2.15. The fourth-order valence-corrected chi connectivity index (χ4v) is 1.54. The highest BCUT2D eigenvalue weighted by molar-refractivity contribution is 5.91. The molecule has 0 fully saturated rings. The van der Waals surface area contributed by atoms with E-state index < -0.39 is 5.97 Å². The van der Waals surface area contributed by atoms with Gasteiger partial charge in [0.05, 0.1) is 16.9 Å². The molecular weight excluding hydrogens is 206 g/mol. The van der Waals surface area contributed by atoms with Crippen molar-refractivity contribution in [1.29, 1.82) is 0 Å². The predicted octanol–water partition coefficient (Wildman–Crippen LogP) is 1.03. The van der Waals surface area contributed by atoms with E-state index in [2.05, 4.69) is 5.10 Å². The second kappa shape index (κ2) is 4.16. The van der Waals surface area contributed by atoms with Gasteiger partial charge < -0.3 is 10.8 Å². The predicted molar refractivity (Wildman–Crippen MR) is 58.4 cm³/mol. The summed E-state index contributed by atoms with van der Waals surface area (Å²) in [5.74, 6) is -0.978. The molecule has 0 atom stereocenters. The maximum Gasteiger partial charge on any atom is 0.337 e. The first kappa shape index (κ1) is 10.4. The van der Waals surface area contributed by atoms with Crippen molar-refractivity contribution in [2.24, 2.45) is 5.73 Å². The number of hydrogen-bond donors (Lipinski definition) is 2. The maximum absolute atomic E-state index is 11.0. The third-order valence-corrected chi connectivity index (χ3v) is 2.29. The lowest BCUT2D eigenvalue weighted by Crippen LogP contribution is -2.11. The van der Waals surface area contributed by atoms with Gasteiger partial charge in [0.15, 0.2) is 0 Å². The number of para-hydroxylation sites is 1. The smallest absolute Gasteiger partial charge is 0.337 e. The summed E-state index contributed by atoms with van der Waals surface area (Å²) in [6.45, 7) is 0.313. The molecule has 0 saturated heterocycles. The SMILES string of the molecule is NCc1ccnn1-c1ccccc1C(=O)O. The van der Waals surface area contributed by atoms with Crippen LogP contribution >= 0.6 is 0 Å². The molecule has 2 rings (SSSR count). The van der Waals surface area contributed by atoms with Gasteiger partial charge in [0.2, 0.25) is 0 Å². The number of nitrogens with zero attached hydrogens (tertiary/aromatic N) is 2. The lowest BCUT2D eigenvalue weighted by atomic mass is 10.2. The molecule has 1 aromatic heterocycles. The minimum absolute atomic E-state index is 0.209. The molecule has 16 heavy (non-hydrogen) atoms. The molecule has 5 nitrogen and oxygen atoms in total. The van der Waals surface area contributed by atoms with Crippen LogP contribution in [0.25, 0.3) is 5.69 Å². The fourth-order valence-electron chi connectivity index (χ4n) is 1.54. The Morgan fingerprint density at radius 3 is 2.81 bits per heavy atom. The Hall–Kier alpha value is -2.14. The number of carbonyl (C=O) groups is 1. The van der Waals surface area contributed by atoms with Gasteiger partial charge >= 0.3 is 5.97 Å². The molecule has 1 aromatic carbocycles. The molecular formula is C11H11N3O2. The van der Waals surface area contributed by atoms with E-state index in [1.165, 1.54) is 0 Å². The van der Waals surface area contributed by atoms with Gasteiger partial charge in [0.25, 0.3) is 0 Å². The third kappa shape index (κ3) is 1.68. The number of carboxylic acid groups (broad SMARTS) is 1. The summed E-state index contributed by atoms with van der Waals surface area (Å²) in [5, 5.41) is 13.1. The van der Waals surface area contributed by atoms with Gasteiger partial charge in [0.1, 0.15) is 0 Å². The molecule has 0 aliphatic carbocycles. The number of benzene rings is 1. The first-order valence-corrected chi connectivity index (χ1v) is 4.79. The molecule has 3 N–H and O–H groups in total. The van der Waals surface area contributed by atoms with Gasteiger partial charge in [-0.3, -0.25) is 0 Å². The second-order valence-corrected chi connectivity index (χ2v) is 3.26. The van der Waals surface area contributed by atoms with Crippen LogP contribution < -0.4 is 5.73 Å². The van der Waals surface area contributed by atoms with Crippen molar-refractivity contribution < 1.29 is 9.90 Å². The standard InChI is InChI=1S/C11H11N3O2/c12-7-8-5-6-13-14(8)10-4-2-1-3-9(10)11(15)16/h1-6H,7,12H2,(H,15,16). The Labute approximate surface area is 92.1 Å². The number of nitrogens with two attached hydrogens (primary N) is 1. The van der Waals surface area contributed by atoms with Crippen LogP contribution in [-0.2, 0) is 6.54 Å². The van der Waals surface area contributed by atoms with E-state index >= 15 is 0 Å². The van der Waals surface area contributed by atoms with Gasteiger partial charge in [-0.15, -0.1) is 0 Å². The van der Waals surface area contributed by atoms with Crippen LogP contribution in [0.4, 0.5) is 0 Å². The van der Waals surface area contributed by atoms with Crippen molar-refractivity contribution in [3.05, 3.63) is 47.8 Å². The quantitative estimate of drug-likeness (QED) is 0.804. The molecule has 5 heteroatoms. The van der Waals surface area contributed by atoms with Crippen LogP contribution in [0.5, 0.6) is 0 Å². The van der Waals surface area contributed by atoms with E-state index in [1.807, 2.05) is 0 Å². The Morgan fingerprint density at radius 2 is 2.12 bits per heavy atom. The van der Waals surface area contributed by atoms with Crippen molar-refractivity contribution in [3.63, 3.8) is 0 Å². The highest BCUT2D eigenvalue weighted by atomic mass is 16.4. The van der Waals surface area contributed by atoms with Crippen molar-refractivity contribution in [2.75, 3.05) is 0 Å². The lowest BCUT2D eigenvalue weighted by molar-refractivity contribution is 0.0696. The topological polar surface area (TPSA) is 81.1 Å². The second-order valence-electron chi connectivity index (χ2n) is 3.26. The summed E-state index contributed by atoms with van der Waals surface area (Å²) >= 11 is 0. The lowest BCUT2D eigenvalue weighted by Gasteiger charge is -2.08. The molecule has 0 radical (unpaired) electrons. The van der Waals surface area contributed by atoms with Crippen LogP contribution in [0.1, 0.15) is 16.1 Å². The van der Waals surface area contributed by atoms with E-state index in [9.17, 15) is 4.79 Å². The average Bonchev–Trinajstić information content (AvgIpc) is 2.76. The molecule has 0 aliphatic heterocycles. The van der Waals surface area contributed by atoms with E-state index in [0.717, 1.165) is 5.69 Å². The average molecular weight is 217 g/mol. The summed E-state index contributed by atoms with van der Waals surface area (Å²) in [5.41, 5.74) is 7.06. The normalized spacial score (nSPS) is 10.3. The van der Waals surface area contributed by atoms with Gasteiger partial charge in [0, 0.05) is 12.7 Å². The number of aromatic carboxylic acids is 1. The Balaban J connectivity index is 2.60. The van der Waals surface area contributed by atoms with Gasteiger partial charge in [-0.25, -0.2) is 9.48 Å². The molecule has 0 bridgehead atoms. The monoisotopic (exact) mass is 217 g/mol. The van der Waals surface area contributed by atoms with Crippen molar-refractivity contribution in [2.45, 2.75) is 6.54 Å². The molecule has 82 valence electrons. The van der Waals surface area contributed by atoms with Crippen molar-refractivity contribution in [3.8, 4) is 5.69 Å². The summed E-state index contributed by atoms with van der Waals surface area (Å²) in [6.07, 6.45) is 1.60. The Bertz CT molecular complexity index is 519. The highest BCUT2D eigenvalue weighted by Gasteiger charge is 2.12. The van der Waals surface area contributed by atoms with Crippen LogP contribution in [0.3, 0.4) is 0 Å². The van der Waals surface area contributed by atoms with Crippen LogP contribution in [-0.4, -0.2) is 20.9 Å². The molecule has 0 spiro atoms. The van der Waals surface area contributed by atoms with Crippen molar-refractivity contribution >= 4 is 5.97 Å². The maximum atomic E-state index is 11.0. The Kier molecular flexibility index (Phi) is 2.70. The largest absolute Gasteiger partial charge is 0.478 e. The number of aromatic nitrogens is 2. The first-order valence-electron chi connectivity index (χ1n) is 4.79. The van der Waals surface area contributed by atoms with E-state index in [0.29, 0.717) is 12.2 Å². The minimum Gasteiger partial charge on any atom is -0.478 e. The third-order valence-electron chi connectivity index (χ3n) is 2.29. The first-order chi connectivity index (χ1) is 7.74. The van der Waals surface area contributed by atoms with Crippen LogP contribution in [0.2, 0.25) is 0 Å². The molecule has 0 saturated carbocycles. The summed E-state index contributed by atoms with van der Waals surface area (Å²) in [6, 6.07) is 8.45. The zero-order valence-corrected chi connectivity index (χ0v) is 8.50. The molecule has 0 aliphatic rings. The molecule has 2 aromatic rings. The van der Waals surface area contributed by atoms with E-state index in [1.54, 1.807) is 41.2 Å². The van der Waals surface area contributed by atoms with E-state index in [4.69, 9.17) is 10.8 Å².